The van der Waals surface area contributed by atoms with Crippen molar-refractivity contribution >= 4 is 29.1 Å². The molecular formula is C14H12ClFN2O4. The molecule has 1 heterocycles. The zero-order chi connectivity index (χ0) is 16.1. The van der Waals surface area contributed by atoms with Gasteiger partial charge in [-0.2, -0.15) is 0 Å². The molecule has 8 heteroatoms. The maximum Gasteiger partial charge on any atom is 0.313 e. The summed E-state index contributed by atoms with van der Waals surface area (Å²) in [5.74, 6) is -2.58. The second-order valence-electron chi connectivity index (χ2n) is 4.30. The molecule has 0 aliphatic heterocycles. The van der Waals surface area contributed by atoms with Gasteiger partial charge in [-0.1, -0.05) is 11.6 Å². The van der Waals surface area contributed by atoms with E-state index in [0.717, 1.165) is 6.07 Å². The van der Waals surface area contributed by atoms with E-state index in [0.29, 0.717) is 0 Å². The smallest absolute Gasteiger partial charge is 0.313 e. The molecule has 1 unspecified atom stereocenters. The third-order valence-corrected chi connectivity index (χ3v) is 2.99. The Kier molecular flexibility index (Phi) is 5.13. The third-order valence-electron chi connectivity index (χ3n) is 2.76. The molecule has 0 aliphatic rings. The zero-order valence-electron chi connectivity index (χ0n) is 11.2. The van der Waals surface area contributed by atoms with Crippen LogP contribution in [0.3, 0.4) is 0 Å². The Morgan fingerprint density at radius 1 is 1.32 bits per heavy atom. The molecule has 6 nitrogen and oxygen atoms in total. The number of aliphatic hydroxyl groups excluding tert-OH is 1. The lowest BCUT2D eigenvalue weighted by Crippen LogP contribution is -2.39. The fourth-order valence-electron chi connectivity index (χ4n) is 1.69. The number of halogens is 2. The molecule has 116 valence electrons. The quantitative estimate of drug-likeness (QED) is 0.748. The molecule has 1 aromatic carbocycles. The minimum atomic E-state index is -1.09. The van der Waals surface area contributed by atoms with Crippen LogP contribution in [0.25, 0.3) is 0 Å². The Morgan fingerprint density at radius 2 is 2.09 bits per heavy atom. The Labute approximate surface area is 129 Å². The fraction of sp³-hybridized carbons (Fsp3) is 0.143. The summed E-state index contributed by atoms with van der Waals surface area (Å²) in [6.07, 6.45) is 1.37. The molecule has 0 saturated carbocycles. The van der Waals surface area contributed by atoms with Gasteiger partial charge in [-0.05, 0) is 30.3 Å². The molecule has 0 spiro atoms. The highest BCUT2D eigenvalue weighted by molar-refractivity contribution is 6.40. The van der Waals surface area contributed by atoms with Crippen LogP contribution in [0.2, 0.25) is 5.02 Å². The monoisotopic (exact) mass is 326 g/mol. The third kappa shape index (κ3) is 3.84. The van der Waals surface area contributed by atoms with E-state index in [-0.39, 0.29) is 16.5 Å². The lowest BCUT2D eigenvalue weighted by molar-refractivity contribution is -0.136. The molecule has 2 rings (SSSR count). The van der Waals surface area contributed by atoms with Crippen LogP contribution >= 0.6 is 11.6 Å². The zero-order valence-corrected chi connectivity index (χ0v) is 11.9. The van der Waals surface area contributed by atoms with Crippen molar-refractivity contribution in [2.24, 2.45) is 0 Å². The van der Waals surface area contributed by atoms with E-state index < -0.39 is 30.3 Å². The van der Waals surface area contributed by atoms with Gasteiger partial charge in [0.05, 0.1) is 18.6 Å². The molecule has 22 heavy (non-hydrogen) atoms. The number of hydrogen-bond acceptors (Lipinski definition) is 4. The number of carbonyl (C=O) groups excluding carboxylic acids is 2. The average Bonchev–Trinajstić information content (AvgIpc) is 3.02. The fourth-order valence-corrected chi connectivity index (χ4v) is 1.86. The topological polar surface area (TPSA) is 91.6 Å². The van der Waals surface area contributed by atoms with Crippen LogP contribution in [-0.4, -0.2) is 23.5 Å². The second kappa shape index (κ2) is 7.06. The Balaban J connectivity index is 2.03. The highest BCUT2D eigenvalue weighted by Crippen LogP contribution is 2.19. The number of nitrogens with one attached hydrogen (secondary N) is 2. The van der Waals surface area contributed by atoms with E-state index in [1.807, 2.05) is 0 Å². The number of amides is 2. The van der Waals surface area contributed by atoms with Crippen LogP contribution in [0.5, 0.6) is 0 Å². The molecule has 1 aromatic heterocycles. The number of rotatable bonds is 4. The van der Waals surface area contributed by atoms with Gasteiger partial charge in [-0.25, -0.2) is 4.39 Å². The molecule has 2 aromatic rings. The van der Waals surface area contributed by atoms with Crippen molar-refractivity contribution in [3.05, 3.63) is 53.2 Å². The van der Waals surface area contributed by atoms with Gasteiger partial charge in [0.1, 0.15) is 17.6 Å². The van der Waals surface area contributed by atoms with Crippen LogP contribution in [0.4, 0.5) is 10.1 Å². The van der Waals surface area contributed by atoms with Crippen molar-refractivity contribution in [2.75, 3.05) is 11.9 Å². The molecule has 0 bridgehead atoms. The molecule has 2 amide bonds. The van der Waals surface area contributed by atoms with Gasteiger partial charge in [0, 0.05) is 5.02 Å². The van der Waals surface area contributed by atoms with Crippen LogP contribution in [0.1, 0.15) is 11.8 Å². The number of anilines is 1. The van der Waals surface area contributed by atoms with Crippen molar-refractivity contribution in [2.45, 2.75) is 6.04 Å². The lowest BCUT2D eigenvalue weighted by Gasteiger charge is -2.13. The van der Waals surface area contributed by atoms with Crippen LogP contribution in [-0.2, 0) is 9.59 Å². The molecule has 3 N–H and O–H groups in total. The second-order valence-corrected chi connectivity index (χ2v) is 4.74. The van der Waals surface area contributed by atoms with Crippen molar-refractivity contribution in [3.63, 3.8) is 0 Å². The predicted molar refractivity (Wildman–Crippen MR) is 76.7 cm³/mol. The highest BCUT2D eigenvalue weighted by Gasteiger charge is 2.22. The van der Waals surface area contributed by atoms with Gasteiger partial charge in [0.25, 0.3) is 0 Å². The van der Waals surface area contributed by atoms with Crippen molar-refractivity contribution < 1.29 is 23.5 Å². The summed E-state index contributed by atoms with van der Waals surface area (Å²) in [4.78, 5) is 23.5. The first kappa shape index (κ1) is 16.0. The molecule has 0 aliphatic carbocycles. The lowest BCUT2D eigenvalue weighted by atomic mass is 10.2. The van der Waals surface area contributed by atoms with Crippen LogP contribution in [0.15, 0.2) is 41.0 Å². The predicted octanol–water partition coefficient (Wildman–Crippen LogP) is 1.86. The summed E-state index contributed by atoms with van der Waals surface area (Å²) in [5, 5.41) is 13.8. The van der Waals surface area contributed by atoms with E-state index in [1.165, 1.54) is 24.5 Å². The van der Waals surface area contributed by atoms with E-state index in [4.69, 9.17) is 16.0 Å². The van der Waals surface area contributed by atoms with Gasteiger partial charge in [0.2, 0.25) is 0 Å². The first-order valence-electron chi connectivity index (χ1n) is 6.22. The Hall–Kier alpha value is -2.38. The number of aliphatic hydroxyl groups is 1. The van der Waals surface area contributed by atoms with E-state index in [2.05, 4.69) is 10.6 Å². The van der Waals surface area contributed by atoms with Crippen molar-refractivity contribution in [1.82, 2.24) is 5.32 Å². The molecule has 0 fully saturated rings. The maximum absolute atomic E-state index is 13.5. The number of furan rings is 1. The summed E-state index contributed by atoms with van der Waals surface area (Å²) in [6, 6.07) is 5.79. The van der Waals surface area contributed by atoms with Gasteiger partial charge in [-0.3, -0.25) is 9.59 Å². The highest BCUT2D eigenvalue weighted by atomic mass is 35.5. The molecule has 1 atom stereocenters. The molecular weight excluding hydrogens is 315 g/mol. The summed E-state index contributed by atoms with van der Waals surface area (Å²) in [7, 11) is 0. The van der Waals surface area contributed by atoms with Crippen molar-refractivity contribution in [1.29, 1.82) is 0 Å². The normalized spacial score (nSPS) is 11.8. The molecule has 0 radical (unpaired) electrons. The van der Waals surface area contributed by atoms with E-state index in [9.17, 15) is 19.1 Å². The first-order valence-corrected chi connectivity index (χ1v) is 6.60. The van der Waals surface area contributed by atoms with Gasteiger partial charge >= 0.3 is 11.8 Å². The minimum absolute atomic E-state index is 0.209. The first-order chi connectivity index (χ1) is 10.5. The van der Waals surface area contributed by atoms with E-state index in [1.54, 1.807) is 6.07 Å². The van der Waals surface area contributed by atoms with Crippen LogP contribution in [0, 0.1) is 5.82 Å². The van der Waals surface area contributed by atoms with Crippen molar-refractivity contribution in [3.8, 4) is 0 Å². The summed E-state index contributed by atoms with van der Waals surface area (Å²) >= 11 is 5.69. The van der Waals surface area contributed by atoms with E-state index >= 15 is 0 Å². The minimum Gasteiger partial charge on any atom is -0.467 e. The van der Waals surface area contributed by atoms with Gasteiger partial charge < -0.3 is 20.2 Å². The molecule has 0 saturated heterocycles. The largest absolute Gasteiger partial charge is 0.467 e. The Morgan fingerprint density at radius 3 is 2.73 bits per heavy atom. The summed E-state index contributed by atoms with van der Waals surface area (Å²) in [5.41, 5.74) is -0.216. The standard InChI is InChI=1S/C14H12ClFN2O4/c15-8-3-4-9(16)10(6-8)17-13(20)14(21)18-11(7-19)12-2-1-5-22-12/h1-6,11,19H,7H2,(H,17,20)(H,18,21). The SMILES string of the molecule is O=C(Nc1cc(Cl)ccc1F)C(=O)NC(CO)c1ccco1. The van der Waals surface area contributed by atoms with Gasteiger partial charge in [0.15, 0.2) is 0 Å². The Bertz CT molecular complexity index is 675. The number of carbonyl (C=O) groups is 2. The van der Waals surface area contributed by atoms with Gasteiger partial charge in [-0.15, -0.1) is 0 Å². The number of benzene rings is 1. The maximum atomic E-state index is 13.5. The summed E-state index contributed by atoms with van der Waals surface area (Å²) < 4.78 is 18.5. The average molecular weight is 327 g/mol. The van der Waals surface area contributed by atoms with Crippen LogP contribution < -0.4 is 10.6 Å². The summed E-state index contributed by atoms with van der Waals surface area (Å²) in [6.45, 7) is -0.460. The number of hydrogen-bond donors (Lipinski definition) is 3.